The molecule has 0 fully saturated rings. The van der Waals surface area contributed by atoms with Crippen LogP contribution in [-0.4, -0.2) is 28.1 Å². The third kappa shape index (κ3) is 2.46. The molecule has 6 nitrogen and oxygen atoms in total. The van der Waals surface area contributed by atoms with Crippen LogP contribution in [0.15, 0.2) is 0 Å². The molecule has 0 spiro atoms. The van der Waals surface area contributed by atoms with E-state index in [1.807, 2.05) is 0 Å². The average Bonchev–Trinajstić information content (AvgIpc) is 1.85. The number of carboxylic acid groups (broad SMARTS) is 1. The molecule has 0 aliphatic rings. The minimum Gasteiger partial charge on any atom is -0.480 e. The van der Waals surface area contributed by atoms with Crippen LogP contribution < -0.4 is 5.73 Å². The quantitative estimate of drug-likeness (QED) is 0.451. The molecule has 2 atom stereocenters. The maximum Gasteiger partial charge on any atom is 0.327 e. The maximum absolute atomic E-state index is 10.3. The Morgan fingerprint density at radius 1 is 1.58 bits per heavy atom. The molecule has 0 aromatic heterocycles. The van der Waals surface area contributed by atoms with Gasteiger partial charge in [-0.25, -0.2) is 0 Å². The van der Waals surface area contributed by atoms with Crippen molar-refractivity contribution in [2.45, 2.75) is 25.9 Å². The topological polar surface area (TPSA) is 106 Å². The van der Waals surface area contributed by atoms with E-state index >= 15 is 0 Å². The Balaban J connectivity index is 4.51. The van der Waals surface area contributed by atoms with E-state index in [0.29, 0.717) is 0 Å². The first kappa shape index (κ1) is 10.8. The molecule has 0 amide bonds. The van der Waals surface area contributed by atoms with Gasteiger partial charge in [0.25, 0.3) is 0 Å². The highest BCUT2D eigenvalue weighted by Gasteiger charge is 2.36. The van der Waals surface area contributed by atoms with Crippen molar-refractivity contribution in [1.82, 2.24) is 0 Å². The van der Waals surface area contributed by atoms with Gasteiger partial charge in [0.1, 0.15) is 0 Å². The van der Waals surface area contributed by atoms with Crippen LogP contribution in [0.5, 0.6) is 0 Å². The van der Waals surface area contributed by atoms with Crippen molar-refractivity contribution >= 4 is 5.97 Å². The number of carboxylic acids is 1. The van der Waals surface area contributed by atoms with Gasteiger partial charge in [-0.1, -0.05) is 13.8 Å². The number of nitrogens with zero attached hydrogens (tertiary/aromatic N) is 1. The highest BCUT2D eigenvalue weighted by molar-refractivity contribution is 5.73. The van der Waals surface area contributed by atoms with Crippen LogP contribution in [0.4, 0.5) is 0 Å². The standard InChI is InChI=1S/C6H12N2O4/c1-3(2)5(8(11)12)4(7)6(9)10/h3-5H,7H2,1-2H3,(H,9,10)/t4-,5?/m0/s1. The van der Waals surface area contributed by atoms with Gasteiger partial charge < -0.3 is 10.8 Å². The van der Waals surface area contributed by atoms with E-state index in [0.717, 1.165) is 0 Å². The van der Waals surface area contributed by atoms with Gasteiger partial charge >= 0.3 is 5.97 Å². The molecule has 0 aromatic rings. The monoisotopic (exact) mass is 176 g/mol. The number of nitro groups is 1. The SMILES string of the molecule is CC(C)C([C@H](N)C(=O)O)[N+](=O)[O-]. The number of nitrogens with two attached hydrogens (primary N) is 1. The third-order valence-electron chi connectivity index (χ3n) is 1.58. The first-order valence-electron chi connectivity index (χ1n) is 3.49. The van der Waals surface area contributed by atoms with Crippen molar-refractivity contribution in [1.29, 1.82) is 0 Å². The summed E-state index contributed by atoms with van der Waals surface area (Å²) >= 11 is 0. The molecule has 12 heavy (non-hydrogen) atoms. The summed E-state index contributed by atoms with van der Waals surface area (Å²) in [4.78, 5) is 20.0. The Labute approximate surface area is 69.5 Å². The van der Waals surface area contributed by atoms with Crippen molar-refractivity contribution < 1.29 is 14.8 Å². The Bertz CT molecular complexity index is 192. The van der Waals surface area contributed by atoms with E-state index in [-0.39, 0.29) is 5.92 Å². The van der Waals surface area contributed by atoms with Crippen LogP contribution in [0, 0.1) is 16.0 Å². The zero-order valence-corrected chi connectivity index (χ0v) is 6.93. The van der Waals surface area contributed by atoms with Gasteiger partial charge in [0.2, 0.25) is 6.04 Å². The fourth-order valence-corrected chi connectivity index (χ4v) is 0.935. The second-order valence-corrected chi connectivity index (χ2v) is 2.88. The molecule has 0 saturated carbocycles. The fourth-order valence-electron chi connectivity index (χ4n) is 0.935. The Kier molecular flexibility index (Phi) is 3.62. The summed E-state index contributed by atoms with van der Waals surface area (Å²) in [6.45, 7) is 3.13. The molecule has 3 N–H and O–H groups in total. The number of hydrogen-bond donors (Lipinski definition) is 2. The molecule has 70 valence electrons. The summed E-state index contributed by atoms with van der Waals surface area (Å²) in [6.07, 6.45) is 0. The molecule has 0 aliphatic heterocycles. The van der Waals surface area contributed by atoms with E-state index in [2.05, 4.69) is 0 Å². The normalized spacial score (nSPS) is 15.7. The predicted octanol–water partition coefficient (Wildman–Crippen LogP) is -0.300. The van der Waals surface area contributed by atoms with Crippen LogP contribution in [0.2, 0.25) is 0 Å². The van der Waals surface area contributed by atoms with Crippen molar-refractivity contribution in [3.63, 3.8) is 0 Å². The lowest BCUT2D eigenvalue weighted by molar-refractivity contribution is -0.532. The number of hydrogen-bond acceptors (Lipinski definition) is 4. The second-order valence-electron chi connectivity index (χ2n) is 2.88. The number of carbonyl (C=O) groups is 1. The highest BCUT2D eigenvalue weighted by Crippen LogP contribution is 2.08. The summed E-state index contributed by atoms with van der Waals surface area (Å²) in [6, 6.07) is -2.65. The first-order valence-corrected chi connectivity index (χ1v) is 3.49. The van der Waals surface area contributed by atoms with Gasteiger partial charge in [-0.2, -0.15) is 0 Å². The van der Waals surface area contributed by atoms with E-state index in [9.17, 15) is 14.9 Å². The Hall–Kier alpha value is -1.17. The van der Waals surface area contributed by atoms with E-state index in [1.54, 1.807) is 13.8 Å². The smallest absolute Gasteiger partial charge is 0.327 e. The van der Waals surface area contributed by atoms with Crippen LogP contribution in [-0.2, 0) is 4.79 Å². The van der Waals surface area contributed by atoms with E-state index in [4.69, 9.17) is 10.8 Å². The summed E-state index contributed by atoms with van der Waals surface area (Å²) in [7, 11) is 0. The number of aliphatic carboxylic acids is 1. The predicted molar refractivity (Wildman–Crippen MR) is 41.2 cm³/mol. The second kappa shape index (κ2) is 4.01. The van der Waals surface area contributed by atoms with Gasteiger partial charge in [0.05, 0.1) is 0 Å². The largest absolute Gasteiger partial charge is 0.480 e. The molecule has 0 rings (SSSR count). The van der Waals surface area contributed by atoms with Crippen molar-refractivity contribution in [2.24, 2.45) is 11.7 Å². The van der Waals surface area contributed by atoms with Crippen molar-refractivity contribution in [2.75, 3.05) is 0 Å². The van der Waals surface area contributed by atoms with Crippen molar-refractivity contribution in [3.8, 4) is 0 Å². The molecule has 0 saturated heterocycles. The van der Waals surface area contributed by atoms with Gasteiger partial charge in [-0.15, -0.1) is 0 Å². The Morgan fingerprint density at radius 3 is 2.08 bits per heavy atom. The van der Waals surface area contributed by atoms with Crippen molar-refractivity contribution in [3.05, 3.63) is 10.1 Å². The zero-order valence-electron chi connectivity index (χ0n) is 6.93. The summed E-state index contributed by atoms with van der Waals surface area (Å²) in [5, 5.41) is 18.8. The number of rotatable bonds is 4. The lowest BCUT2D eigenvalue weighted by Crippen LogP contribution is -2.48. The molecule has 0 heterocycles. The lowest BCUT2D eigenvalue weighted by Gasteiger charge is -2.15. The molecule has 1 unspecified atom stereocenters. The van der Waals surface area contributed by atoms with Crippen LogP contribution >= 0.6 is 0 Å². The van der Waals surface area contributed by atoms with Gasteiger partial charge in [-0.05, 0) is 0 Å². The van der Waals surface area contributed by atoms with Crippen LogP contribution in [0.1, 0.15) is 13.8 Å². The maximum atomic E-state index is 10.3. The van der Waals surface area contributed by atoms with Crippen LogP contribution in [0.3, 0.4) is 0 Å². The average molecular weight is 176 g/mol. The fraction of sp³-hybridized carbons (Fsp3) is 0.833. The van der Waals surface area contributed by atoms with Gasteiger partial charge in [-0.3, -0.25) is 14.9 Å². The first-order chi connectivity index (χ1) is 5.37. The summed E-state index contributed by atoms with van der Waals surface area (Å²) < 4.78 is 0. The lowest BCUT2D eigenvalue weighted by atomic mass is 9.98. The molecular formula is C6H12N2O4. The van der Waals surface area contributed by atoms with Gasteiger partial charge in [0.15, 0.2) is 6.04 Å². The van der Waals surface area contributed by atoms with Crippen LogP contribution in [0.25, 0.3) is 0 Å². The minimum atomic E-state index is -1.43. The van der Waals surface area contributed by atoms with Gasteiger partial charge in [0, 0.05) is 10.8 Å². The minimum absolute atomic E-state index is 0.383. The van der Waals surface area contributed by atoms with E-state index in [1.165, 1.54) is 0 Å². The molecule has 6 heteroatoms. The molecule has 0 radical (unpaired) electrons. The summed E-state index contributed by atoms with van der Waals surface area (Å²) in [5.74, 6) is -1.73. The Morgan fingerprint density at radius 2 is 2.00 bits per heavy atom. The zero-order chi connectivity index (χ0) is 9.89. The molecule has 0 aromatic carbocycles. The van der Waals surface area contributed by atoms with E-state index < -0.39 is 23.0 Å². The molecule has 0 bridgehead atoms. The third-order valence-corrected chi connectivity index (χ3v) is 1.58. The molecular weight excluding hydrogens is 164 g/mol. The summed E-state index contributed by atoms with van der Waals surface area (Å²) in [5.41, 5.74) is 5.12. The molecule has 0 aliphatic carbocycles. The highest BCUT2D eigenvalue weighted by atomic mass is 16.6.